The molecule has 2 aliphatic rings. The van der Waals surface area contributed by atoms with E-state index in [1.165, 1.54) is 16.7 Å². The van der Waals surface area contributed by atoms with Crippen LogP contribution in [0.2, 0.25) is 5.02 Å². The van der Waals surface area contributed by atoms with E-state index in [1.807, 2.05) is 12.1 Å². The second-order valence-electron chi connectivity index (χ2n) is 6.17. The summed E-state index contributed by atoms with van der Waals surface area (Å²) >= 11 is 5.94. The molecular weight excluding hydrogens is 310 g/mol. The van der Waals surface area contributed by atoms with Gasteiger partial charge >= 0.3 is 0 Å². The second kappa shape index (κ2) is 6.42. The summed E-state index contributed by atoms with van der Waals surface area (Å²) in [4.78, 5) is 2.51. The van der Waals surface area contributed by atoms with Gasteiger partial charge in [-0.1, -0.05) is 23.7 Å². The third-order valence-electron chi connectivity index (χ3n) is 4.59. The molecule has 2 heterocycles. The fourth-order valence-electron chi connectivity index (χ4n) is 3.28. The van der Waals surface area contributed by atoms with Crippen LogP contribution in [0.3, 0.4) is 0 Å². The molecule has 120 valence electrons. The molecule has 0 N–H and O–H groups in total. The Morgan fingerprint density at radius 1 is 0.957 bits per heavy atom. The monoisotopic (exact) mass is 329 g/mol. The van der Waals surface area contributed by atoms with E-state index in [9.17, 15) is 0 Å². The Balaban J connectivity index is 1.43. The molecule has 0 aliphatic carbocycles. The Morgan fingerprint density at radius 3 is 2.39 bits per heavy atom. The molecule has 3 nitrogen and oxygen atoms in total. The van der Waals surface area contributed by atoms with Gasteiger partial charge in [-0.2, -0.15) is 0 Å². The van der Waals surface area contributed by atoms with Crippen molar-refractivity contribution in [1.29, 1.82) is 0 Å². The highest BCUT2D eigenvalue weighted by atomic mass is 35.5. The van der Waals surface area contributed by atoms with Crippen molar-refractivity contribution in [3.63, 3.8) is 0 Å². The van der Waals surface area contributed by atoms with E-state index in [4.69, 9.17) is 21.1 Å². The van der Waals surface area contributed by atoms with Gasteiger partial charge in [0, 0.05) is 24.7 Å². The predicted molar refractivity (Wildman–Crippen MR) is 91.6 cm³/mol. The summed E-state index contributed by atoms with van der Waals surface area (Å²) in [6.07, 6.45) is 2.13. The normalized spacial score (nSPS) is 16.9. The molecule has 0 bridgehead atoms. The predicted octanol–water partition coefficient (Wildman–Crippen LogP) is 3.71. The van der Waals surface area contributed by atoms with Crippen LogP contribution in [0.5, 0.6) is 11.5 Å². The van der Waals surface area contributed by atoms with Gasteiger partial charge in [-0.05, 0) is 53.8 Å². The number of hydrogen-bond donors (Lipinski definition) is 0. The van der Waals surface area contributed by atoms with Crippen molar-refractivity contribution in [2.75, 3.05) is 26.3 Å². The minimum atomic E-state index is 0.645. The zero-order chi connectivity index (χ0) is 15.6. The summed E-state index contributed by atoms with van der Waals surface area (Å²) in [5.74, 6) is 1.80. The van der Waals surface area contributed by atoms with Gasteiger partial charge < -0.3 is 9.47 Å². The minimum Gasteiger partial charge on any atom is -0.486 e. The molecule has 0 aromatic heterocycles. The molecule has 0 unspecified atom stereocenters. The molecule has 0 radical (unpaired) electrons. The van der Waals surface area contributed by atoms with E-state index in [1.54, 1.807) is 0 Å². The average molecular weight is 330 g/mol. The largest absolute Gasteiger partial charge is 0.486 e. The van der Waals surface area contributed by atoms with Gasteiger partial charge in [0.25, 0.3) is 0 Å². The third-order valence-corrected chi connectivity index (χ3v) is 4.84. The van der Waals surface area contributed by atoms with Crippen molar-refractivity contribution in [2.24, 2.45) is 0 Å². The summed E-state index contributed by atoms with van der Waals surface area (Å²) in [6.45, 7) is 4.44. The smallest absolute Gasteiger partial charge is 0.161 e. The van der Waals surface area contributed by atoms with Crippen LogP contribution >= 0.6 is 11.6 Å². The van der Waals surface area contributed by atoms with Crippen molar-refractivity contribution in [1.82, 2.24) is 4.90 Å². The van der Waals surface area contributed by atoms with Crippen LogP contribution in [0.25, 0.3) is 0 Å². The van der Waals surface area contributed by atoms with Crippen LogP contribution in [0, 0.1) is 0 Å². The lowest BCUT2D eigenvalue weighted by Crippen LogP contribution is -2.32. The maximum absolute atomic E-state index is 5.94. The van der Waals surface area contributed by atoms with Crippen LogP contribution in [-0.2, 0) is 19.4 Å². The number of nitrogens with zero attached hydrogens (tertiary/aromatic N) is 1. The van der Waals surface area contributed by atoms with Crippen molar-refractivity contribution in [2.45, 2.75) is 19.4 Å². The van der Waals surface area contributed by atoms with E-state index in [-0.39, 0.29) is 0 Å². The van der Waals surface area contributed by atoms with Crippen molar-refractivity contribution in [3.8, 4) is 11.5 Å². The minimum absolute atomic E-state index is 0.645. The second-order valence-corrected chi connectivity index (χ2v) is 6.60. The molecule has 0 amide bonds. The van der Waals surface area contributed by atoms with Gasteiger partial charge in [-0.3, -0.25) is 4.90 Å². The van der Waals surface area contributed by atoms with Crippen LogP contribution in [0.4, 0.5) is 0 Å². The van der Waals surface area contributed by atoms with Gasteiger partial charge in [0.2, 0.25) is 0 Å². The Morgan fingerprint density at radius 2 is 1.65 bits per heavy atom. The SMILES string of the molecule is Clc1ccc(CCN2CCc3cc4c(cc3C2)OCCO4)cc1. The molecule has 0 atom stereocenters. The summed E-state index contributed by atoms with van der Waals surface area (Å²) in [5, 5.41) is 0.799. The maximum atomic E-state index is 5.94. The number of ether oxygens (including phenoxy) is 2. The molecule has 0 saturated heterocycles. The van der Waals surface area contributed by atoms with Gasteiger partial charge in [0.05, 0.1) is 0 Å². The van der Waals surface area contributed by atoms with Gasteiger partial charge in [0.15, 0.2) is 11.5 Å². The highest BCUT2D eigenvalue weighted by Gasteiger charge is 2.21. The topological polar surface area (TPSA) is 21.7 Å². The Bertz CT molecular complexity index is 699. The Hall–Kier alpha value is -1.71. The van der Waals surface area contributed by atoms with Crippen molar-refractivity contribution >= 4 is 11.6 Å². The quantitative estimate of drug-likeness (QED) is 0.856. The molecule has 4 heteroatoms. The number of benzene rings is 2. The fourth-order valence-corrected chi connectivity index (χ4v) is 3.41. The van der Waals surface area contributed by atoms with E-state index < -0.39 is 0 Å². The summed E-state index contributed by atoms with van der Waals surface area (Å²) in [7, 11) is 0. The molecule has 2 aromatic carbocycles. The Labute approximate surface area is 141 Å². The third kappa shape index (κ3) is 3.31. The zero-order valence-corrected chi connectivity index (χ0v) is 13.8. The molecule has 0 saturated carbocycles. The highest BCUT2D eigenvalue weighted by molar-refractivity contribution is 6.30. The van der Waals surface area contributed by atoms with E-state index in [0.29, 0.717) is 13.2 Å². The maximum Gasteiger partial charge on any atom is 0.161 e. The Kier molecular flexibility index (Phi) is 4.15. The van der Waals surface area contributed by atoms with Gasteiger partial charge in [-0.25, -0.2) is 0 Å². The van der Waals surface area contributed by atoms with Crippen LogP contribution in [-0.4, -0.2) is 31.2 Å². The van der Waals surface area contributed by atoms with E-state index in [2.05, 4.69) is 29.2 Å². The molecule has 0 spiro atoms. The highest BCUT2D eigenvalue weighted by Crippen LogP contribution is 2.35. The fraction of sp³-hybridized carbons (Fsp3) is 0.368. The van der Waals surface area contributed by atoms with Crippen molar-refractivity contribution in [3.05, 3.63) is 58.1 Å². The number of rotatable bonds is 3. The lowest BCUT2D eigenvalue weighted by atomic mass is 9.98. The lowest BCUT2D eigenvalue weighted by Gasteiger charge is -2.30. The summed E-state index contributed by atoms with van der Waals surface area (Å²) in [6, 6.07) is 12.5. The number of halogens is 1. The van der Waals surface area contributed by atoms with Gasteiger partial charge in [-0.15, -0.1) is 0 Å². The molecule has 23 heavy (non-hydrogen) atoms. The summed E-state index contributed by atoms with van der Waals surface area (Å²) in [5.41, 5.74) is 4.11. The summed E-state index contributed by atoms with van der Waals surface area (Å²) < 4.78 is 11.4. The number of hydrogen-bond acceptors (Lipinski definition) is 3. The van der Waals surface area contributed by atoms with Crippen molar-refractivity contribution < 1.29 is 9.47 Å². The lowest BCUT2D eigenvalue weighted by molar-refractivity contribution is 0.170. The van der Waals surface area contributed by atoms with E-state index >= 15 is 0 Å². The molecular formula is C19H20ClNO2. The standard InChI is InChI=1S/C19H20ClNO2/c20-17-3-1-14(2-4-17)5-7-21-8-6-15-11-18-19(12-16(15)13-21)23-10-9-22-18/h1-4,11-12H,5-10,13H2. The molecule has 2 aromatic rings. The van der Waals surface area contributed by atoms with Crippen LogP contribution < -0.4 is 9.47 Å². The first-order valence-electron chi connectivity index (χ1n) is 8.16. The first kappa shape index (κ1) is 14.9. The van der Waals surface area contributed by atoms with Crippen LogP contribution in [0.1, 0.15) is 16.7 Å². The number of fused-ring (bicyclic) bond motifs is 2. The molecule has 4 rings (SSSR count). The average Bonchev–Trinajstić information content (AvgIpc) is 2.59. The zero-order valence-electron chi connectivity index (χ0n) is 13.1. The molecule has 0 fully saturated rings. The van der Waals surface area contributed by atoms with E-state index in [0.717, 1.165) is 49.0 Å². The van der Waals surface area contributed by atoms with Gasteiger partial charge in [0.1, 0.15) is 13.2 Å². The first-order chi connectivity index (χ1) is 11.3. The first-order valence-corrected chi connectivity index (χ1v) is 8.54. The molecule has 2 aliphatic heterocycles. The van der Waals surface area contributed by atoms with Crippen LogP contribution in [0.15, 0.2) is 36.4 Å².